The van der Waals surface area contributed by atoms with Gasteiger partial charge in [0.2, 0.25) is 0 Å². The van der Waals surface area contributed by atoms with Crippen LogP contribution in [0.1, 0.15) is 46.4 Å². The molecule has 2 heterocycles. The summed E-state index contributed by atoms with van der Waals surface area (Å²) in [5.74, 6) is 0.165. The number of likely N-dealkylation sites (tertiary alicyclic amines) is 2. The predicted octanol–water partition coefficient (Wildman–Crippen LogP) is 3.75. The quantitative estimate of drug-likeness (QED) is 0.774. The average molecular weight is 396 g/mol. The molecule has 2 saturated heterocycles. The molecule has 0 aromatic heterocycles. The molecule has 0 spiro atoms. The van der Waals surface area contributed by atoms with Crippen LogP contribution in [0.5, 0.6) is 5.75 Å². The highest BCUT2D eigenvalue weighted by atomic mass is 19.1. The Labute approximate surface area is 170 Å². The van der Waals surface area contributed by atoms with Gasteiger partial charge in [0.1, 0.15) is 18.2 Å². The minimum Gasteiger partial charge on any atom is -0.491 e. The van der Waals surface area contributed by atoms with Gasteiger partial charge < -0.3 is 14.5 Å². The van der Waals surface area contributed by atoms with Crippen molar-refractivity contribution in [2.24, 2.45) is 0 Å². The van der Waals surface area contributed by atoms with E-state index in [4.69, 9.17) is 4.74 Å². The number of nitrogens with zero attached hydrogens (tertiary/aromatic N) is 2. The van der Waals surface area contributed by atoms with Crippen LogP contribution >= 0.6 is 0 Å². The van der Waals surface area contributed by atoms with E-state index in [9.17, 15) is 14.0 Å². The number of hydrogen-bond acceptors (Lipinski definition) is 3. The number of carbonyl (C=O) groups is 2. The number of ether oxygens (including phenoxy) is 1. The fraction of sp³-hybridized carbons (Fsp3) is 0.391. The summed E-state index contributed by atoms with van der Waals surface area (Å²) in [5.41, 5.74) is 1.03. The third-order valence-electron chi connectivity index (χ3n) is 5.65. The summed E-state index contributed by atoms with van der Waals surface area (Å²) in [6.45, 7) is 2.68. The second-order valence-corrected chi connectivity index (χ2v) is 7.64. The smallest absolute Gasteiger partial charge is 0.254 e. The molecule has 4 rings (SSSR count). The molecule has 2 aliphatic rings. The highest BCUT2D eigenvalue weighted by Crippen LogP contribution is 2.23. The minimum absolute atomic E-state index is 0.0447. The number of benzene rings is 2. The third-order valence-corrected chi connectivity index (χ3v) is 5.65. The first-order chi connectivity index (χ1) is 14.1. The van der Waals surface area contributed by atoms with E-state index in [-0.39, 0.29) is 17.9 Å². The van der Waals surface area contributed by atoms with Crippen molar-refractivity contribution < 1.29 is 18.7 Å². The number of rotatable bonds is 5. The summed E-state index contributed by atoms with van der Waals surface area (Å²) in [5, 5.41) is 0. The van der Waals surface area contributed by atoms with Crippen LogP contribution in [0.15, 0.2) is 48.5 Å². The van der Waals surface area contributed by atoms with Crippen molar-refractivity contribution in [1.29, 1.82) is 0 Å². The van der Waals surface area contributed by atoms with Crippen molar-refractivity contribution in [2.45, 2.75) is 31.7 Å². The SMILES string of the molecule is O=C(c1ccc(OC[C@@H]2CCCN2C(=O)c2cccc(F)c2)cc1)N1CCCC1. The standard InChI is InChI=1S/C23H25FN2O3/c24-19-6-3-5-18(15-19)23(28)26-14-4-7-20(26)16-29-21-10-8-17(9-11-21)22(27)25-12-1-2-13-25/h3,5-6,8-11,15,20H,1-2,4,7,12-14,16H2/t20-/m0/s1. The Morgan fingerprint density at radius 2 is 1.69 bits per heavy atom. The van der Waals surface area contributed by atoms with Gasteiger partial charge in [-0.1, -0.05) is 6.07 Å². The molecule has 2 aromatic rings. The molecule has 6 heteroatoms. The van der Waals surface area contributed by atoms with Crippen molar-refractivity contribution in [3.63, 3.8) is 0 Å². The molecule has 152 valence electrons. The summed E-state index contributed by atoms with van der Waals surface area (Å²) in [7, 11) is 0. The largest absolute Gasteiger partial charge is 0.491 e. The van der Waals surface area contributed by atoms with E-state index >= 15 is 0 Å². The van der Waals surface area contributed by atoms with E-state index in [1.165, 1.54) is 12.1 Å². The lowest BCUT2D eigenvalue weighted by molar-refractivity contribution is 0.0690. The maximum atomic E-state index is 13.4. The molecule has 0 aliphatic carbocycles. The van der Waals surface area contributed by atoms with Crippen molar-refractivity contribution in [2.75, 3.05) is 26.2 Å². The van der Waals surface area contributed by atoms with Gasteiger partial charge in [0.05, 0.1) is 6.04 Å². The Morgan fingerprint density at radius 3 is 2.41 bits per heavy atom. The van der Waals surface area contributed by atoms with Gasteiger partial charge in [-0.25, -0.2) is 4.39 Å². The lowest BCUT2D eigenvalue weighted by atomic mass is 10.1. The minimum atomic E-state index is -0.411. The summed E-state index contributed by atoms with van der Waals surface area (Å²) >= 11 is 0. The van der Waals surface area contributed by atoms with Crippen LogP contribution < -0.4 is 4.74 Å². The van der Waals surface area contributed by atoms with Gasteiger partial charge in [-0.05, 0) is 68.1 Å². The first-order valence-electron chi connectivity index (χ1n) is 10.2. The average Bonchev–Trinajstić information content (AvgIpc) is 3.44. The predicted molar refractivity (Wildman–Crippen MR) is 108 cm³/mol. The molecular formula is C23H25FN2O3. The molecule has 0 bridgehead atoms. The second-order valence-electron chi connectivity index (χ2n) is 7.64. The van der Waals surface area contributed by atoms with Crippen LogP contribution in [0.2, 0.25) is 0 Å². The zero-order valence-electron chi connectivity index (χ0n) is 16.4. The Kier molecular flexibility index (Phi) is 5.79. The van der Waals surface area contributed by atoms with E-state index in [0.29, 0.717) is 30.0 Å². The molecule has 2 fully saturated rings. The maximum Gasteiger partial charge on any atom is 0.254 e. The number of hydrogen-bond donors (Lipinski definition) is 0. The molecule has 0 N–H and O–H groups in total. The van der Waals surface area contributed by atoms with Crippen molar-refractivity contribution in [1.82, 2.24) is 9.80 Å². The van der Waals surface area contributed by atoms with Crippen molar-refractivity contribution in [3.05, 3.63) is 65.5 Å². The third kappa shape index (κ3) is 4.42. The summed E-state index contributed by atoms with van der Waals surface area (Å²) in [6, 6.07) is 12.9. The Balaban J connectivity index is 1.35. The molecule has 0 unspecified atom stereocenters. The zero-order valence-corrected chi connectivity index (χ0v) is 16.4. The normalized spacial score (nSPS) is 18.9. The molecule has 0 saturated carbocycles. The molecule has 29 heavy (non-hydrogen) atoms. The van der Waals surface area contributed by atoms with Crippen LogP contribution in [0.3, 0.4) is 0 Å². The van der Waals surface area contributed by atoms with Crippen LogP contribution in [0.25, 0.3) is 0 Å². The molecule has 2 amide bonds. The van der Waals surface area contributed by atoms with Gasteiger partial charge in [-0.15, -0.1) is 0 Å². The van der Waals surface area contributed by atoms with E-state index in [1.807, 2.05) is 4.90 Å². The van der Waals surface area contributed by atoms with Gasteiger partial charge >= 0.3 is 0 Å². The Hall–Kier alpha value is -2.89. The van der Waals surface area contributed by atoms with E-state index in [1.54, 1.807) is 41.3 Å². The van der Waals surface area contributed by atoms with Gasteiger partial charge in [-0.2, -0.15) is 0 Å². The zero-order chi connectivity index (χ0) is 20.2. The molecule has 2 aromatic carbocycles. The fourth-order valence-electron chi connectivity index (χ4n) is 4.05. The highest BCUT2D eigenvalue weighted by Gasteiger charge is 2.30. The van der Waals surface area contributed by atoms with E-state index in [0.717, 1.165) is 38.8 Å². The lowest BCUT2D eigenvalue weighted by Gasteiger charge is -2.25. The maximum absolute atomic E-state index is 13.4. The second kappa shape index (κ2) is 8.64. The summed E-state index contributed by atoms with van der Waals surface area (Å²) in [4.78, 5) is 28.8. The molecule has 1 atom stereocenters. The summed E-state index contributed by atoms with van der Waals surface area (Å²) in [6.07, 6.45) is 3.89. The number of halogens is 1. The number of carbonyl (C=O) groups excluding carboxylic acids is 2. The van der Waals surface area contributed by atoms with E-state index < -0.39 is 5.82 Å². The van der Waals surface area contributed by atoms with Gasteiger partial charge in [0, 0.05) is 30.8 Å². The summed E-state index contributed by atoms with van der Waals surface area (Å²) < 4.78 is 19.3. The van der Waals surface area contributed by atoms with Gasteiger partial charge in [0.25, 0.3) is 11.8 Å². The van der Waals surface area contributed by atoms with E-state index in [2.05, 4.69) is 0 Å². The van der Waals surface area contributed by atoms with Gasteiger partial charge in [0.15, 0.2) is 0 Å². The first kappa shape index (κ1) is 19.4. The fourth-order valence-corrected chi connectivity index (χ4v) is 4.05. The highest BCUT2D eigenvalue weighted by molar-refractivity contribution is 5.95. The molecule has 2 aliphatic heterocycles. The Bertz CT molecular complexity index is 878. The van der Waals surface area contributed by atoms with Crippen LogP contribution in [-0.2, 0) is 0 Å². The molecule has 5 nitrogen and oxygen atoms in total. The van der Waals surface area contributed by atoms with Crippen molar-refractivity contribution >= 4 is 11.8 Å². The topological polar surface area (TPSA) is 49.9 Å². The van der Waals surface area contributed by atoms with Crippen LogP contribution in [0.4, 0.5) is 4.39 Å². The first-order valence-corrected chi connectivity index (χ1v) is 10.2. The Morgan fingerprint density at radius 1 is 0.931 bits per heavy atom. The van der Waals surface area contributed by atoms with Gasteiger partial charge in [-0.3, -0.25) is 9.59 Å². The number of amides is 2. The lowest BCUT2D eigenvalue weighted by Crippen LogP contribution is -2.39. The van der Waals surface area contributed by atoms with Crippen LogP contribution in [0, 0.1) is 5.82 Å². The van der Waals surface area contributed by atoms with Crippen LogP contribution in [-0.4, -0.2) is 53.9 Å². The van der Waals surface area contributed by atoms with Crippen molar-refractivity contribution in [3.8, 4) is 5.75 Å². The molecule has 0 radical (unpaired) electrons. The monoisotopic (exact) mass is 396 g/mol. The molecular weight excluding hydrogens is 371 g/mol.